The number of rotatable bonds is 4. The Labute approximate surface area is 169 Å². The van der Waals surface area contributed by atoms with Gasteiger partial charge in [-0.3, -0.25) is 4.90 Å². The van der Waals surface area contributed by atoms with Crippen LogP contribution in [-0.4, -0.2) is 42.9 Å². The molecule has 5 rings (SSSR count). The molecule has 2 aliphatic heterocycles. The fourth-order valence-corrected chi connectivity index (χ4v) is 4.64. The van der Waals surface area contributed by atoms with Crippen LogP contribution in [-0.2, 0) is 6.54 Å². The smallest absolute Gasteiger partial charge is 0.231 e. The van der Waals surface area contributed by atoms with E-state index in [2.05, 4.69) is 52.4 Å². The molecule has 1 aromatic heterocycles. The van der Waals surface area contributed by atoms with Crippen LogP contribution in [0.3, 0.4) is 0 Å². The third kappa shape index (κ3) is 3.45. The minimum absolute atomic E-state index is 0.302. The first kappa shape index (κ1) is 17.5. The Bertz CT molecular complexity index is 979. The lowest BCUT2D eigenvalue weighted by molar-refractivity contribution is 0.174. The van der Waals surface area contributed by atoms with Crippen molar-refractivity contribution in [3.05, 3.63) is 59.1 Å². The second-order valence-electron chi connectivity index (χ2n) is 7.26. The summed E-state index contributed by atoms with van der Waals surface area (Å²) in [6.45, 7) is 7.64. The van der Waals surface area contributed by atoms with E-state index in [1.165, 1.54) is 11.3 Å². The Kier molecular flexibility index (Phi) is 4.66. The van der Waals surface area contributed by atoms with Crippen LogP contribution in [0, 0.1) is 6.92 Å². The van der Waals surface area contributed by atoms with Crippen molar-refractivity contribution in [1.82, 2.24) is 9.88 Å². The molecule has 1 saturated heterocycles. The zero-order chi connectivity index (χ0) is 18.9. The lowest BCUT2D eigenvalue weighted by Crippen LogP contribution is -2.46. The molecule has 0 N–H and O–H groups in total. The van der Waals surface area contributed by atoms with E-state index in [1.54, 1.807) is 11.3 Å². The van der Waals surface area contributed by atoms with Crippen molar-refractivity contribution in [3.8, 4) is 22.1 Å². The van der Waals surface area contributed by atoms with Gasteiger partial charge in [0.25, 0.3) is 0 Å². The van der Waals surface area contributed by atoms with Crippen LogP contribution in [0.5, 0.6) is 11.5 Å². The SMILES string of the molecule is Cc1ccccc1N1CCN(Cc2csc(-c3ccc4c(c3)OCO4)n2)CC1. The molecule has 5 nitrogen and oxygen atoms in total. The largest absolute Gasteiger partial charge is 0.454 e. The summed E-state index contributed by atoms with van der Waals surface area (Å²) in [4.78, 5) is 9.84. The Hall–Kier alpha value is -2.57. The van der Waals surface area contributed by atoms with Crippen molar-refractivity contribution in [3.63, 3.8) is 0 Å². The summed E-state index contributed by atoms with van der Waals surface area (Å²) in [6, 6.07) is 14.7. The van der Waals surface area contributed by atoms with E-state index in [1.807, 2.05) is 12.1 Å². The maximum atomic E-state index is 5.49. The van der Waals surface area contributed by atoms with Gasteiger partial charge in [0.2, 0.25) is 6.79 Å². The number of thiazole rings is 1. The molecule has 6 heteroatoms. The highest BCUT2D eigenvalue weighted by molar-refractivity contribution is 7.13. The molecule has 1 fully saturated rings. The zero-order valence-corrected chi connectivity index (χ0v) is 16.7. The number of ether oxygens (including phenoxy) is 2. The van der Waals surface area contributed by atoms with E-state index in [-0.39, 0.29) is 0 Å². The molecule has 3 aromatic rings. The molecule has 0 spiro atoms. The first-order valence-corrected chi connectivity index (χ1v) is 10.5. The monoisotopic (exact) mass is 393 g/mol. The van der Waals surface area contributed by atoms with E-state index in [9.17, 15) is 0 Å². The van der Waals surface area contributed by atoms with Gasteiger partial charge in [0.05, 0.1) is 5.69 Å². The average Bonchev–Trinajstić information content (AvgIpc) is 3.38. The summed E-state index contributed by atoms with van der Waals surface area (Å²) in [5.41, 5.74) is 4.94. The molecular formula is C22H23N3O2S. The number of aryl methyl sites for hydroxylation is 1. The van der Waals surface area contributed by atoms with Crippen molar-refractivity contribution in [1.29, 1.82) is 0 Å². The summed E-state index contributed by atoms with van der Waals surface area (Å²) in [7, 11) is 0. The van der Waals surface area contributed by atoms with Gasteiger partial charge in [-0.15, -0.1) is 11.3 Å². The Morgan fingerprint density at radius 3 is 2.68 bits per heavy atom. The van der Waals surface area contributed by atoms with Gasteiger partial charge in [-0.2, -0.15) is 0 Å². The number of aromatic nitrogens is 1. The van der Waals surface area contributed by atoms with Crippen LogP contribution in [0.2, 0.25) is 0 Å². The maximum absolute atomic E-state index is 5.49. The summed E-state index contributed by atoms with van der Waals surface area (Å²) >= 11 is 1.69. The molecule has 2 aliphatic rings. The summed E-state index contributed by atoms with van der Waals surface area (Å²) < 4.78 is 10.9. The van der Waals surface area contributed by atoms with Gasteiger partial charge >= 0.3 is 0 Å². The number of fused-ring (bicyclic) bond motifs is 1. The molecule has 0 atom stereocenters. The number of benzene rings is 2. The third-order valence-electron chi connectivity index (χ3n) is 5.39. The molecule has 2 aromatic carbocycles. The number of piperazine rings is 1. The summed E-state index contributed by atoms with van der Waals surface area (Å²) in [5, 5.41) is 3.21. The van der Waals surface area contributed by atoms with Crippen molar-refractivity contribution in [2.24, 2.45) is 0 Å². The number of anilines is 1. The molecule has 0 radical (unpaired) electrons. The normalized spacial score (nSPS) is 16.5. The van der Waals surface area contributed by atoms with Crippen LogP contribution in [0.15, 0.2) is 47.8 Å². The molecule has 3 heterocycles. The quantitative estimate of drug-likeness (QED) is 0.665. The molecule has 0 aliphatic carbocycles. The van der Waals surface area contributed by atoms with Crippen molar-refractivity contribution >= 4 is 17.0 Å². The predicted molar refractivity (Wildman–Crippen MR) is 112 cm³/mol. The third-order valence-corrected chi connectivity index (χ3v) is 6.33. The zero-order valence-electron chi connectivity index (χ0n) is 15.9. The van der Waals surface area contributed by atoms with Crippen LogP contribution < -0.4 is 14.4 Å². The number of hydrogen-bond donors (Lipinski definition) is 0. The van der Waals surface area contributed by atoms with Crippen molar-refractivity contribution in [2.45, 2.75) is 13.5 Å². The van der Waals surface area contributed by atoms with Crippen molar-refractivity contribution in [2.75, 3.05) is 37.9 Å². The van der Waals surface area contributed by atoms with Crippen LogP contribution >= 0.6 is 11.3 Å². The highest BCUT2D eigenvalue weighted by Gasteiger charge is 2.20. The Morgan fingerprint density at radius 2 is 1.82 bits per heavy atom. The van der Waals surface area contributed by atoms with E-state index < -0.39 is 0 Å². The maximum Gasteiger partial charge on any atom is 0.231 e. The lowest BCUT2D eigenvalue weighted by Gasteiger charge is -2.36. The Balaban J connectivity index is 1.22. The molecule has 0 saturated carbocycles. The van der Waals surface area contributed by atoms with Gasteiger partial charge in [0.1, 0.15) is 5.01 Å². The molecular weight excluding hydrogens is 370 g/mol. The first-order chi connectivity index (χ1) is 13.8. The van der Waals surface area contributed by atoms with Gasteiger partial charge in [-0.25, -0.2) is 4.98 Å². The van der Waals surface area contributed by atoms with Gasteiger partial charge in [0.15, 0.2) is 11.5 Å². The van der Waals surface area contributed by atoms with E-state index >= 15 is 0 Å². The highest BCUT2D eigenvalue weighted by atomic mass is 32.1. The van der Waals surface area contributed by atoms with Gasteiger partial charge in [-0.1, -0.05) is 18.2 Å². The van der Waals surface area contributed by atoms with E-state index in [0.29, 0.717) is 6.79 Å². The number of nitrogens with zero attached hydrogens (tertiary/aromatic N) is 3. The summed E-state index contributed by atoms with van der Waals surface area (Å²) in [6.07, 6.45) is 0. The Morgan fingerprint density at radius 1 is 1.00 bits per heavy atom. The van der Waals surface area contributed by atoms with Crippen LogP contribution in [0.4, 0.5) is 5.69 Å². The number of para-hydroxylation sites is 1. The molecule has 0 amide bonds. The van der Waals surface area contributed by atoms with Gasteiger partial charge < -0.3 is 14.4 Å². The first-order valence-electron chi connectivity index (χ1n) is 9.63. The average molecular weight is 394 g/mol. The molecule has 0 unspecified atom stereocenters. The molecule has 0 bridgehead atoms. The van der Waals surface area contributed by atoms with E-state index in [0.717, 1.165) is 60.5 Å². The standard InChI is InChI=1S/C22H23N3O2S/c1-16-4-2-3-5-19(16)25-10-8-24(9-11-25)13-18-14-28-22(23-18)17-6-7-20-21(12-17)27-15-26-20/h2-7,12,14H,8-11,13,15H2,1H3. The lowest BCUT2D eigenvalue weighted by atomic mass is 10.1. The molecule has 28 heavy (non-hydrogen) atoms. The van der Waals surface area contributed by atoms with Crippen molar-refractivity contribution < 1.29 is 9.47 Å². The van der Waals surface area contributed by atoms with Crippen LogP contribution in [0.1, 0.15) is 11.3 Å². The topological polar surface area (TPSA) is 37.8 Å². The molecule has 144 valence electrons. The number of hydrogen-bond acceptors (Lipinski definition) is 6. The minimum atomic E-state index is 0.302. The fraction of sp³-hybridized carbons (Fsp3) is 0.318. The highest BCUT2D eigenvalue weighted by Crippen LogP contribution is 2.36. The van der Waals surface area contributed by atoms with Gasteiger partial charge in [-0.05, 0) is 36.8 Å². The summed E-state index contributed by atoms with van der Waals surface area (Å²) in [5.74, 6) is 1.62. The second-order valence-corrected chi connectivity index (χ2v) is 8.12. The second kappa shape index (κ2) is 7.45. The predicted octanol–water partition coefficient (Wildman–Crippen LogP) is 4.17. The fourth-order valence-electron chi connectivity index (χ4n) is 3.84. The van der Waals surface area contributed by atoms with Crippen LogP contribution in [0.25, 0.3) is 10.6 Å². The minimum Gasteiger partial charge on any atom is -0.454 e. The van der Waals surface area contributed by atoms with Gasteiger partial charge in [0, 0.05) is 49.4 Å². The van der Waals surface area contributed by atoms with E-state index in [4.69, 9.17) is 14.5 Å².